The molecule has 0 amide bonds. The average molecular weight is 473 g/mol. The first-order chi connectivity index (χ1) is 15.5. The summed E-state index contributed by atoms with van der Waals surface area (Å²) < 4.78 is 0. The molecule has 0 saturated carbocycles. The number of allylic oxidation sites excluding steroid dienone is 3. The maximum Gasteiger partial charge on any atom is 0.238 e. The van der Waals surface area contributed by atoms with Gasteiger partial charge in [-0.2, -0.15) is 0 Å². The van der Waals surface area contributed by atoms with Crippen LogP contribution in [0.4, 0.5) is 5.00 Å². The summed E-state index contributed by atoms with van der Waals surface area (Å²) in [4.78, 5) is 33.7. The van der Waals surface area contributed by atoms with E-state index in [0.717, 1.165) is 68.2 Å². The number of thioether (sulfide) groups is 1. The molecule has 2 heterocycles. The van der Waals surface area contributed by atoms with Crippen molar-refractivity contribution in [2.45, 2.75) is 59.3 Å². The Kier molecular flexibility index (Phi) is 8.93. The van der Waals surface area contributed by atoms with Crippen molar-refractivity contribution in [3.63, 3.8) is 0 Å². The molecule has 32 heavy (non-hydrogen) atoms. The van der Waals surface area contributed by atoms with E-state index in [4.69, 9.17) is 0 Å². The van der Waals surface area contributed by atoms with Gasteiger partial charge in [-0.3, -0.25) is 14.6 Å². The van der Waals surface area contributed by atoms with Crippen molar-refractivity contribution in [1.82, 2.24) is 0 Å². The van der Waals surface area contributed by atoms with Crippen LogP contribution in [0.3, 0.4) is 0 Å². The maximum absolute atomic E-state index is 12.8. The normalized spacial score (nSPS) is 19.8. The number of thiophene rings is 1. The van der Waals surface area contributed by atoms with Crippen LogP contribution in [0.25, 0.3) is 5.57 Å². The molecule has 1 aromatic rings. The van der Waals surface area contributed by atoms with Crippen LogP contribution in [-0.4, -0.2) is 41.4 Å². The van der Waals surface area contributed by atoms with E-state index in [1.54, 1.807) is 6.08 Å². The lowest BCUT2D eigenvalue weighted by molar-refractivity contribution is -0.130. The summed E-state index contributed by atoms with van der Waals surface area (Å²) in [5.41, 5.74) is 0.237. The van der Waals surface area contributed by atoms with Crippen molar-refractivity contribution in [2.75, 3.05) is 24.5 Å². The molecule has 0 atom stereocenters. The lowest BCUT2D eigenvalue weighted by atomic mass is 10.1. The zero-order valence-electron chi connectivity index (χ0n) is 19.1. The van der Waals surface area contributed by atoms with Crippen molar-refractivity contribution < 1.29 is 14.7 Å². The number of rotatable bonds is 11. The third-order valence-corrected chi connectivity index (χ3v) is 7.66. The summed E-state index contributed by atoms with van der Waals surface area (Å²) in [6.07, 6.45) is 10.1. The third-order valence-electron chi connectivity index (χ3n) is 5.46. The fraction of sp³-hybridized carbons (Fsp3) is 0.480. The molecule has 1 aliphatic heterocycles. The second kappa shape index (κ2) is 11.7. The van der Waals surface area contributed by atoms with E-state index in [1.807, 2.05) is 18.2 Å². The average Bonchev–Trinajstić information content (AvgIpc) is 3.49. The Morgan fingerprint density at radius 1 is 0.906 bits per heavy atom. The molecule has 0 spiro atoms. The smallest absolute Gasteiger partial charge is 0.238 e. The van der Waals surface area contributed by atoms with E-state index in [0.29, 0.717) is 9.78 Å². The molecule has 172 valence electrons. The number of aliphatic hydroxyl groups excluding tert-OH is 1. The van der Waals surface area contributed by atoms with Crippen molar-refractivity contribution in [3.8, 4) is 0 Å². The molecule has 3 rings (SSSR count). The van der Waals surface area contributed by atoms with Gasteiger partial charge in [0.2, 0.25) is 11.6 Å². The Bertz CT molecular complexity index is 977. The number of aliphatic imine (C=N–C) groups is 1. The molecule has 1 N–H and O–H groups in total. The van der Waals surface area contributed by atoms with Crippen LogP contribution in [0.2, 0.25) is 0 Å². The van der Waals surface area contributed by atoms with Gasteiger partial charge >= 0.3 is 0 Å². The predicted octanol–water partition coefficient (Wildman–Crippen LogP) is 6.33. The number of hydrogen-bond acceptors (Lipinski definition) is 7. The SMILES string of the molecule is CCCC/N=C1C=C/C(=C2\C(=O)C(=O)C(c3ccc(N(CCCC)CCCC)s3)=C2O)S/1. The van der Waals surface area contributed by atoms with E-state index in [-0.39, 0.29) is 16.9 Å². The highest BCUT2D eigenvalue weighted by molar-refractivity contribution is 8.18. The summed E-state index contributed by atoms with van der Waals surface area (Å²) in [5.74, 6) is -1.47. The maximum atomic E-state index is 12.8. The lowest BCUT2D eigenvalue weighted by Gasteiger charge is -2.22. The van der Waals surface area contributed by atoms with Crippen molar-refractivity contribution >= 4 is 50.3 Å². The van der Waals surface area contributed by atoms with Crippen LogP contribution >= 0.6 is 23.1 Å². The van der Waals surface area contributed by atoms with E-state index >= 15 is 0 Å². The molecule has 7 heteroatoms. The van der Waals surface area contributed by atoms with Gasteiger partial charge in [0.1, 0.15) is 5.76 Å². The predicted molar refractivity (Wildman–Crippen MR) is 137 cm³/mol. The number of unbranched alkanes of at least 4 members (excludes halogenated alkanes) is 3. The van der Waals surface area contributed by atoms with Crippen LogP contribution < -0.4 is 4.90 Å². The van der Waals surface area contributed by atoms with Crippen LogP contribution in [0.5, 0.6) is 0 Å². The highest BCUT2D eigenvalue weighted by atomic mass is 32.2. The minimum absolute atomic E-state index is 0.107. The lowest BCUT2D eigenvalue weighted by Crippen LogP contribution is -2.24. The molecule has 0 bridgehead atoms. The zero-order chi connectivity index (χ0) is 23.1. The first kappa shape index (κ1) is 24.5. The number of aliphatic hydroxyl groups is 1. The number of Topliss-reactive ketones (excluding diaryl/α,β-unsaturated/α-hetero) is 2. The van der Waals surface area contributed by atoms with Crippen molar-refractivity contribution in [2.24, 2.45) is 4.99 Å². The van der Waals surface area contributed by atoms with Gasteiger partial charge in [0.05, 0.1) is 21.2 Å². The number of carbonyl (C=O) groups is 2. The number of nitrogens with zero attached hydrogens (tertiary/aromatic N) is 2. The van der Waals surface area contributed by atoms with E-state index in [9.17, 15) is 14.7 Å². The van der Waals surface area contributed by atoms with E-state index < -0.39 is 11.6 Å². The highest BCUT2D eigenvalue weighted by Crippen LogP contribution is 2.42. The van der Waals surface area contributed by atoms with E-state index in [2.05, 4.69) is 30.7 Å². The Balaban J connectivity index is 1.88. The van der Waals surface area contributed by atoms with Gasteiger partial charge in [-0.15, -0.1) is 11.3 Å². The summed E-state index contributed by atoms with van der Waals surface area (Å²) in [5, 5.41) is 12.8. The van der Waals surface area contributed by atoms with Gasteiger partial charge in [-0.25, -0.2) is 0 Å². The Labute approximate surface area is 199 Å². The fourth-order valence-electron chi connectivity index (χ4n) is 3.58. The number of hydrogen-bond donors (Lipinski definition) is 1. The van der Waals surface area contributed by atoms with Gasteiger partial charge in [0.15, 0.2) is 0 Å². The van der Waals surface area contributed by atoms with Crippen LogP contribution in [0.1, 0.15) is 64.2 Å². The summed E-state index contributed by atoms with van der Waals surface area (Å²) in [6, 6.07) is 3.85. The summed E-state index contributed by atoms with van der Waals surface area (Å²) >= 11 is 2.81. The van der Waals surface area contributed by atoms with Gasteiger partial charge in [-0.1, -0.05) is 51.8 Å². The van der Waals surface area contributed by atoms with Crippen LogP contribution in [0.15, 0.2) is 45.5 Å². The standard InChI is InChI=1S/C25H32N2O3S2/c1-4-7-14-26-19-12-10-17(31-19)21-23(28)22(25(30)24(21)29)18-11-13-20(32-18)27(15-8-5-2)16-9-6-3/h10-13,28H,4-9,14-16H2,1-3H3/b21-17+,26-19-. The van der Waals surface area contributed by atoms with Gasteiger partial charge in [-0.05, 0) is 43.5 Å². The molecule has 5 nitrogen and oxygen atoms in total. The first-order valence-electron chi connectivity index (χ1n) is 11.5. The fourth-order valence-corrected chi connectivity index (χ4v) is 5.63. The molecule has 0 aromatic carbocycles. The zero-order valence-corrected chi connectivity index (χ0v) is 20.8. The van der Waals surface area contributed by atoms with Crippen LogP contribution in [0, 0.1) is 0 Å². The van der Waals surface area contributed by atoms with Gasteiger partial charge in [0, 0.05) is 29.4 Å². The molecule has 0 unspecified atom stereocenters. The minimum Gasteiger partial charge on any atom is -0.506 e. The Morgan fingerprint density at radius 2 is 1.56 bits per heavy atom. The van der Waals surface area contributed by atoms with Crippen LogP contribution in [-0.2, 0) is 9.59 Å². The quantitative estimate of drug-likeness (QED) is 0.231. The highest BCUT2D eigenvalue weighted by Gasteiger charge is 2.40. The van der Waals surface area contributed by atoms with Gasteiger partial charge in [0.25, 0.3) is 0 Å². The topological polar surface area (TPSA) is 70.0 Å². The van der Waals surface area contributed by atoms with Crippen molar-refractivity contribution in [1.29, 1.82) is 0 Å². The Morgan fingerprint density at radius 3 is 2.22 bits per heavy atom. The van der Waals surface area contributed by atoms with E-state index in [1.165, 1.54) is 23.1 Å². The molecule has 0 fully saturated rings. The first-order valence-corrected chi connectivity index (χ1v) is 13.2. The second-order valence-corrected chi connectivity index (χ2v) is 10.1. The number of ketones is 2. The molecule has 1 aliphatic carbocycles. The number of anilines is 1. The molecular formula is C25H32N2O3S2. The minimum atomic E-state index is -0.636. The monoisotopic (exact) mass is 472 g/mol. The summed E-state index contributed by atoms with van der Waals surface area (Å²) in [7, 11) is 0. The largest absolute Gasteiger partial charge is 0.506 e. The summed E-state index contributed by atoms with van der Waals surface area (Å²) in [6.45, 7) is 9.12. The Hall–Kier alpha value is -2.12. The molecule has 2 aliphatic rings. The molecular weight excluding hydrogens is 440 g/mol. The second-order valence-electron chi connectivity index (χ2n) is 7.96. The molecule has 0 radical (unpaired) electrons. The van der Waals surface area contributed by atoms with Crippen molar-refractivity contribution in [3.05, 3.63) is 45.4 Å². The molecule has 1 aromatic heterocycles. The molecule has 0 saturated heterocycles. The third kappa shape index (κ3) is 5.44. The number of carbonyl (C=O) groups excluding carboxylic acids is 2. The van der Waals surface area contributed by atoms with Gasteiger partial charge < -0.3 is 10.0 Å².